The lowest BCUT2D eigenvalue weighted by molar-refractivity contribution is -0.137. The van der Waals surface area contributed by atoms with Gasteiger partial charge in [-0.05, 0) is 97.7 Å². The Kier molecular flexibility index (Phi) is 8.26. The SMILES string of the molecule is C=CC(=O)OCCC1=C2C[C@@H](O)CC[C@]2(C)[C@H]2CC[C@]3(C)[C@@H]([C@H](C)CCCC(C)C)CC[C@H]3[C@@H]2C1. The van der Waals surface area contributed by atoms with Gasteiger partial charge >= 0.3 is 5.97 Å². The third-order valence-electron chi connectivity index (χ3n) is 11.3. The van der Waals surface area contributed by atoms with Crippen molar-refractivity contribution in [2.45, 2.75) is 118 Å². The van der Waals surface area contributed by atoms with E-state index in [1.807, 2.05) is 0 Å². The smallest absolute Gasteiger partial charge is 0.330 e. The van der Waals surface area contributed by atoms with Crippen molar-refractivity contribution < 1.29 is 14.6 Å². The average Bonchev–Trinajstić information content (AvgIpc) is 3.17. The summed E-state index contributed by atoms with van der Waals surface area (Å²) >= 11 is 0. The number of esters is 1. The van der Waals surface area contributed by atoms with Gasteiger partial charge < -0.3 is 9.84 Å². The molecule has 35 heavy (non-hydrogen) atoms. The van der Waals surface area contributed by atoms with Crippen molar-refractivity contribution in [3.8, 4) is 0 Å². The number of ether oxygens (including phenoxy) is 1. The largest absolute Gasteiger partial charge is 0.462 e. The number of carbonyl (C=O) groups excluding carboxylic acids is 1. The van der Waals surface area contributed by atoms with Gasteiger partial charge in [0, 0.05) is 12.5 Å². The van der Waals surface area contributed by atoms with Gasteiger partial charge in [-0.1, -0.05) is 71.6 Å². The van der Waals surface area contributed by atoms with Crippen LogP contribution in [0.4, 0.5) is 0 Å². The first-order valence-corrected chi connectivity index (χ1v) is 14.8. The van der Waals surface area contributed by atoms with E-state index in [0.717, 1.165) is 67.6 Å². The van der Waals surface area contributed by atoms with Crippen LogP contribution >= 0.6 is 0 Å². The molecule has 0 spiro atoms. The molecule has 0 radical (unpaired) electrons. The number of fused-ring (bicyclic) bond motifs is 5. The normalized spacial score (nSPS) is 39.6. The van der Waals surface area contributed by atoms with Crippen molar-refractivity contribution in [2.75, 3.05) is 6.61 Å². The lowest BCUT2D eigenvalue weighted by atomic mass is 9.45. The highest BCUT2D eigenvalue weighted by Gasteiger charge is 2.59. The van der Waals surface area contributed by atoms with E-state index in [1.54, 1.807) is 0 Å². The Morgan fingerprint density at radius 1 is 1.09 bits per heavy atom. The fourth-order valence-electron chi connectivity index (χ4n) is 9.53. The molecule has 198 valence electrons. The molecule has 0 aromatic heterocycles. The number of aliphatic hydroxyl groups is 1. The molecule has 3 fully saturated rings. The van der Waals surface area contributed by atoms with Crippen molar-refractivity contribution in [3.05, 3.63) is 23.8 Å². The Morgan fingerprint density at radius 2 is 1.86 bits per heavy atom. The van der Waals surface area contributed by atoms with E-state index in [0.29, 0.717) is 12.0 Å². The molecule has 0 heterocycles. The highest BCUT2D eigenvalue weighted by Crippen LogP contribution is 2.68. The molecule has 0 amide bonds. The average molecular weight is 485 g/mol. The Balaban J connectivity index is 1.55. The van der Waals surface area contributed by atoms with Gasteiger partial charge in [-0.3, -0.25) is 0 Å². The van der Waals surface area contributed by atoms with Crippen molar-refractivity contribution >= 4 is 5.97 Å². The van der Waals surface area contributed by atoms with Gasteiger partial charge in [0.05, 0.1) is 12.7 Å². The van der Waals surface area contributed by atoms with Gasteiger partial charge in [-0.2, -0.15) is 0 Å². The number of hydrogen-bond donors (Lipinski definition) is 1. The Hall–Kier alpha value is -1.09. The molecule has 8 atom stereocenters. The minimum Gasteiger partial charge on any atom is -0.462 e. The van der Waals surface area contributed by atoms with E-state index >= 15 is 0 Å². The standard InChI is InChI=1S/C32H52O3/c1-7-30(34)35-18-15-23-19-25-27-12-11-26(22(4)10-8-9-21(2)3)31(27,5)17-14-28(25)32(6)16-13-24(33)20-29(23)32/h7,21-22,24-28,33H,1,8-20H2,2-6H3/t22-,24+,25+,26-,27+,28+,31-,32-/m1/s1. The van der Waals surface area contributed by atoms with E-state index in [-0.39, 0.29) is 17.5 Å². The Morgan fingerprint density at radius 3 is 2.57 bits per heavy atom. The fourth-order valence-corrected chi connectivity index (χ4v) is 9.53. The number of carbonyl (C=O) groups is 1. The molecular weight excluding hydrogens is 432 g/mol. The first-order chi connectivity index (χ1) is 16.6. The van der Waals surface area contributed by atoms with Crippen LogP contribution < -0.4 is 0 Å². The fraction of sp³-hybridized carbons (Fsp3) is 0.844. The monoisotopic (exact) mass is 484 g/mol. The van der Waals surface area contributed by atoms with Crippen LogP contribution in [0.5, 0.6) is 0 Å². The third kappa shape index (κ3) is 5.18. The highest BCUT2D eigenvalue weighted by atomic mass is 16.5. The lowest BCUT2D eigenvalue weighted by Gasteiger charge is -2.59. The zero-order chi connectivity index (χ0) is 25.4. The summed E-state index contributed by atoms with van der Waals surface area (Å²) < 4.78 is 5.43. The maximum Gasteiger partial charge on any atom is 0.330 e. The molecule has 0 aliphatic heterocycles. The zero-order valence-corrected chi connectivity index (χ0v) is 23.3. The van der Waals surface area contributed by atoms with Crippen molar-refractivity contribution in [3.63, 3.8) is 0 Å². The molecule has 3 heteroatoms. The van der Waals surface area contributed by atoms with Crippen LogP contribution in [0.15, 0.2) is 23.8 Å². The Bertz CT molecular complexity index is 812. The number of hydrogen-bond acceptors (Lipinski definition) is 3. The van der Waals surface area contributed by atoms with Crippen LogP contribution in [0.3, 0.4) is 0 Å². The molecule has 4 rings (SSSR count). The minimum atomic E-state index is -0.328. The van der Waals surface area contributed by atoms with E-state index in [4.69, 9.17) is 4.74 Å². The van der Waals surface area contributed by atoms with Gasteiger partial charge in [0.1, 0.15) is 0 Å². The molecule has 0 unspecified atom stereocenters. The van der Waals surface area contributed by atoms with Gasteiger partial charge in [0.15, 0.2) is 0 Å². The lowest BCUT2D eigenvalue weighted by Crippen LogP contribution is -2.51. The molecule has 3 saturated carbocycles. The van der Waals surface area contributed by atoms with E-state index in [9.17, 15) is 9.90 Å². The maximum absolute atomic E-state index is 11.7. The minimum absolute atomic E-state index is 0.211. The first kappa shape index (κ1) is 27.0. The summed E-state index contributed by atoms with van der Waals surface area (Å²) in [5.41, 5.74) is 3.71. The molecule has 0 aromatic rings. The number of rotatable bonds is 9. The Labute approximate surface area is 215 Å². The molecular formula is C32H52O3. The van der Waals surface area contributed by atoms with Gasteiger partial charge in [-0.25, -0.2) is 4.79 Å². The molecule has 3 nitrogen and oxygen atoms in total. The summed E-state index contributed by atoms with van der Waals surface area (Å²) in [5, 5.41) is 10.6. The van der Waals surface area contributed by atoms with Crippen molar-refractivity contribution in [2.24, 2.45) is 46.3 Å². The maximum atomic E-state index is 11.7. The molecule has 0 bridgehead atoms. The first-order valence-electron chi connectivity index (χ1n) is 14.8. The van der Waals surface area contributed by atoms with Crippen LogP contribution in [0.1, 0.15) is 112 Å². The van der Waals surface area contributed by atoms with Crippen LogP contribution in [-0.2, 0) is 9.53 Å². The summed E-state index contributed by atoms with van der Waals surface area (Å²) in [7, 11) is 0. The van der Waals surface area contributed by atoms with Gasteiger partial charge in [0.25, 0.3) is 0 Å². The predicted octanol–water partition coefficient (Wildman–Crippen LogP) is 7.88. The summed E-state index contributed by atoms with van der Waals surface area (Å²) in [6.45, 7) is 16.4. The zero-order valence-electron chi connectivity index (χ0n) is 23.3. The number of aliphatic hydroxyl groups excluding tert-OH is 1. The van der Waals surface area contributed by atoms with Crippen molar-refractivity contribution in [1.29, 1.82) is 0 Å². The summed E-state index contributed by atoms with van der Waals surface area (Å²) in [6.07, 6.45) is 15.5. The summed E-state index contributed by atoms with van der Waals surface area (Å²) in [6, 6.07) is 0. The summed E-state index contributed by atoms with van der Waals surface area (Å²) in [5.74, 6) is 4.48. The van der Waals surface area contributed by atoms with Crippen LogP contribution in [-0.4, -0.2) is 23.8 Å². The molecule has 4 aliphatic rings. The van der Waals surface area contributed by atoms with Crippen LogP contribution in [0, 0.1) is 46.3 Å². The highest BCUT2D eigenvalue weighted by molar-refractivity contribution is 5.81. The second-order valence-corrected chi connectivity index (χ2v) is 13.6. The second-order valence-electron chi connectivity index (χ2n) is 13.6. The topological polar surface area (TPSA) is 46.5 Å². The molecule has 4 aliphatic carbocycles. The van der Waals surface area contributed by atoms with Crippen LogP contribution in [0.25, 0.3) is 0 Å². The van der Waals surface area contributed by atoms with Gasteiger partial charge in [-0.15, -0.1) is 0 Å². The van der Waals surface area contributed by atoms with Crippen LogP contribution in [0.2, 0.25) is 0 Å². The molecule has 0 aromatic carbocycles. The van der Waals surface area contributed by atoms with E-state index in [1.165, 1.54) is 62.2 Å². The van der Waals surface area contributed by atoms with E-state index < -0.39 is 0 Å². The van der Waals surface area contributed by atoms with E-state index in [2.05, 4.69) is 41.2 Å². The third-order valence-corrected chi connectivity index (χ3v) is 11.3. The van der Waals surface area contributed by atoms with Crippen molar-refractivity contribution in [1.82, 2.24) is 0 Å². The predicted molar refractivity (Wildman–Crippen MR) is 144 cm³/mol. The molecule has 0 saturated heterocycles. The molecule has 1 N–H and O–H groups in total. The van der Waals surface area contributed by atoms with Gasteiger partial charge in [0.2, 0.25) is 0 Å². The summed E-state index contributed by atoms with van der Waals surface area (Å²) in [4.78, 5) is 11.7. The quantitative estimate of drug-likeness (QED) is 0.206. The second kappa shape index (κ2) is 10.7.